The lowest BCUT2D eigenvalue weighted by Crippen LogP contribution is -2.46. The minimum absolute atomic E-state index is 0.0110. The molecule has 8 nitrogen and oxygen atoms in total. The van der Waals surface area contributed by atoms with E-state index in [0.29, 0.717) is 5.69 Å². The zero-order valence-corrected chi connectivity index (χ0v) is 10.6. The average Bonchev–Trinajstić information content (AvgIpc) is 2.92. The number of H-pyrrole nitrogens is 1. The maximum Gasteiger partial charge on any atom is 0.326 e. The van der Waals surface area contributed by atoms with Crippen LogP contribution in [0.25, 0.3) is 0 Å². The Labute approximate surface area is 111 Å². The molecule has 4 N–H and O–H groups in total. The first-order chi connectivity index (χ1) is 8.97. The summed E-state index contributed by atoms with van der Waals surface area (Å²) in [5.41, 5.74) is 0.551. The number of likely N-dealkylation sites (tertiary alicyclic amines) is 1. The number of nitrogens with one attached hydrogen (secondary N) is 2. The standard InChI is InChI=1S/C10H13N3O5S/c14-6-1-7(8(15)16)13(3-6)9(17)11-2-5-4-19-10(18)12-5/h4,6-7,14H,1-3H2,(H,11,17)(H,12,18)(H,15,16). The number of carbonyl (C=O) groups is 2. The van der Waals surface area contributed by atoms with Gasteiger partial charge in [0.2, 0.25) is 0 Å². The zero-order valence-electron chi connectivity index (χ0n) is 9.83. The third-order valence-electron chi connectivity index (χ3n) is 2.83. The number of rotatable bonds is 3. The van der Waals surface area contributed by atoms with Gasteiger partial charge in [0, 0.05) is 24.0 Å². The Morgan fingerprint density at radius 3 is 2.89 bits per heavy atom. The van der Waals surface area contributed by atoms with Crippen LogP contribution in [0.1, 0.15) is 12.1 Å². The molecule has 9 heteroatoms. The van der Waals surface area contributed by atoms with E-state index in [1.165, 1.54) is 0 Å². The first kappa shape index (κ1) is 13.6. The van der Waals surface area contributed by atoms with Crippen LogP contribution in [0.3, 0.4) is 0 Å². The molecule has 0 bridgehead atoms. The minimum Gasteiger partial charge on any atom is -0.480 e. The molecule has 2 unspecified atom stereocenters. The number of β-amino-alcohol motifs (C(OH)–C–C–N with tert-alkyl or cyclic N) is 1. The van der Waals surface area contributed by atoms with Crippen LogP contribution in [-0.4, -0.2) is 50.8 Å². The minimum atomic E-state index is -1.14. The molecule has 1 aromatic rings. The normalized spacial score (nSPS) is 22.5. The average molecular weight is 287 g/mol. The highest BCUT2D eigenvalue weighted by Gasteiger charge is 2.38. The van der Waals surface area contributed by atoms with Gasteiger partial charge in [-0.25, -0.2) is 9.59 Å². The molecule has 2 atom stereocenters. The Bertz CT molecular complexity index is 539. The number of urea groups is 1. The van der Waals surface area contributed by atoms with Gasteiger partial charge in [0.15, 0.2) is 0 Å². The number of aliphatic carboxylic acids is 1. The van der Waals surface area contributed by atoms with Crippen LogP contribution in [0.15, 0.2) is 10.2 Å². The predicted molar refractivity (Wildman–Crippen MR) is 65.9 cm³/mol. The smallest absolute Gasteiger partial charge is 0.326 e. The van der Waals surface area contributed by atoms with Crippen LogP contribution >= 0.6 is 11.3 Å². The molecule has 19 heavy (non-hydrogen) atoms. The van der Waals surface area contributed by atoms with Crippen molar-refractivity contribution in [2.45, 2.75) is 25.1 Å². The van der Waals surface area contributed by atoms with E-state index >= 15 is 0 Å². The van der Waals surface area contributed by atoms with Gasteiger partial charge in [-0.1, -0.05) is 11.3 Å². The maximum atomic E-state index is 11.8. The van der Waals surface area contributed by atoms with Crippen LogP contribution in [0.4, 0.5) is 4.79 Å². The highest BCUT2D eigenvalue weighted by atomic mass is 32.1. The number of aromatic amines is 1. The van der Waals surface area contributed by atoms with Crippen molar-refractivity contribution in [3.63, 3.8) is 0 Å². The molecule has 2 rings (SSSR count). The van der Waals surface area contributed by atoms with E-state index in [1.54, 1.807) is 5.38 Å². The lowest BCUT2D eigenvalue weighted by molar-refractivity contribution is -0.141. The summed E-state index contributed by atoms with van der Waals surface area (Å²) < 4.78 is 0. The Morgan fingerprint density at radius 1 is 1.58 bits per heavy atom. The quantitative estimate of drug-likeness (QED) is 0.577. The van der Waals surface area contributed by atoms with Crippen LogP contribution in [0.5, 0.6) is 0 Å². The Balaban J connectivity index is 1.95. The van der Waals surface area contributed by atoms with Gasteiger partial charge < -0.3 is 25.4 Å². The molecule has 0 saturated carbocycles. The zero-order chi connectivity index (χ0) is 14.0. The molecule has 0 radical (unpaired) electrons. The van der Waals surface area contributed by atoms with Crippen molar-refractivity contribution in [3.05, 3.63) is 20.7 Å². The van der Waals surface area contributed by atoms with Gasteiger partial charge in [-0.3, -0.25) is 4.79 Å². The van der Waals surface area contributed by atoms with Gasteiger partial charge in [-0.05, 0) is 0 Å². The summed E-state index contributed by atoms with van der Waals surface area (Å²) in [5.74, 6) is -1.14. The van der Waals surface area contributed by atoms with Crippen molar-refractivity contribution in [2.75, 3.05) is 6.54 Å². The second-order valence-corrected chi connectivity index (χ2v) is 5.07. The molecular formula is C10H13N3O5S. The van der Waals surface area contributed by atoms with Crippen molar-refractivity contribution in [2.24, 2.45) is 0 Å². The third kappa shape index (κ3) is 3.12. The van der Waals surface area contributed by atoms with E-state index in [0.717, 1.165) is 16.2 Å². The fourth-order valence-electron chi connectivity index (χ4n) is 1.95. The van der Waals surface area contributed by atoms with Crippen LogP contribution in [0, 0.1) is 0 Å². The summed E-state index contributed by atoms with van der Waals surface area (Å²) in [6.45, 7) is 0.0967. The van der Waals surface area contributed by atoms with E-state index in [4.69, 9.17) is 5.11 Å². The lowest BCUT2D eigenvalue weighted by Gasteiger charge is -2.21. The van der Waals surface area contributed by atoms with Gasteiger partial charge >= 0.3 is 16.9 Å². The fourth-order valence-corrected chi connectivity index (χ4v) is 2.53. The number of aliphatic hydroxyl groups excluding tert-OH is 1. The Kier molecular flexibility index (Phi) is 3.86. The third-order valence-corrected chi connectivity index (χ3v) is 3.54. The number of hydrogen-bond acceptors (Lipinski definition) is 5. The van der Waals surface area contributed by atoms with E-state index in [2.05, 4.69) is 10.3 Å². The number of carbonyl (C=O) groups excluding carboxylic acids is 1. The molecule has 0 aliphatic carbocycles. The first-order valence-corrected chi connectivity index (χ1v) is 6.47. The van der Waals surface area contributed by atoms with Crippen molar-refractivity contribution in [1.29, 1.82) is 0 Å². The summed E-state index contributed by atoms with van der Waals surface area (Å²) in [6.07, 6.45) is -0.800. The first-order valence-electron chi connectivity index (χ1n) is 5.59. The molecule has 1 fully saturated rings. The number of carboxylic acids is 1. The number of carboxylic acid groups (broad SMARTS) is 1. The van der Waals surface area contributed by atoms with Gasteiger partial charge in [-0.15, -0.1) is 0 Å². The Morgan fingerprint density at radius 2 is 2.32 bits per heavy atom. The maximum absolute atomic E-state index is 11.8. The topological polar surface area (TPSA) is 123 Å². The molecule has 1 aliphatic heterocycles. The summed E-state index contributed by atoms with van der Waals surface area (Å²) in [4.78, 5) is 37.1. The predicted octanol–water partition coefficient (Wildman–Crippen LogP) is -0.834. The number of hydrogen-bond donors (Lipinski definition) is 4. The number of thiazole rings is 1. The number of nitrogens with zero attached hydrogens (tertiary/aromatic N) is 1. The largest absolute Gasteiger partial charge is 0.480 e. The van der Waals surface area contributed by atoms with Crippen LogP contribution < -0.4 is 10.2 Å². The number of amides is 2. The molecule has 1 saturated heterocycles. The van der Waals surface area contributed by atoms with Gasteiger partial charge in [0.1, 0.15) is 6.04 Å². The second kappa shape index (κ2) is 5.41. The lowest BCUT2D eigenvalue weighted by atomic mass is 10.2. The van der Waals surface area contributed by atoms with Crippen LogP contribution in [0.2, 0.25) is 0 Å². The van der Waals surface area contributed by atoms with Gasteiger partial charge in [-0.2, -0.15) is 0 Å². The highest BCUT2D eigenvalue weighted by Crippen LogP contribution is 2.18. The number of aromatic nitrogens is 1. The van der Waals surface area contributed by atoms with E-state index < -0.39 is 24.1 Å². The van der Waals surface area contributed by atoms with E-state index in [9.17, 15) is 19.5 Å². The molecule has 2 heterocycles. The second-order valence-electron chi connectivity index (χ2n) is 4.23. The fraction of sp³-hybridized carbons (Fsp3) is 0.500. The molecule has 2 amide bonds. The van der Waals surface area contributed by atoms with Crippen molar-refractivity contribution >= 4 is 23.3 Å². The molecule has 104 valence electrons. The SMILES string of the molecule is O=C(O)C1CC(O)CN1C(=O)NCc1csc(=O)[nH]1. The van der Waals surface area contributed by atoms with Crippen molar-refractivity contribution in [1.82, 2.24) is 15.2 Å². The molecular weight excluding hydrogens is 274 g/mol. The van der Waals surface area contributed by atoms with E-state index in [-0.39, 0.29) is 24.4 Å². The monoisotopic (exact) mass is 287 g/mol. The molecule has 0 spiro atoms. The number of aliphatic hydroxyl groups is 1. The molecule has 1 aliphatic rings. The summed E-state index contributed by atoms with van der Waals surface area (Å²) in [5, 5.41) is 22.5. The summed E-state index contributed by atoms with van der Waals surface area (Å²) >= 11 is 0.984. The summed E-state index contributed by atoms with van der Waals surface area (Å²) in [6, 6.07) is -1.59. The molecule has 0 aromatic carbocycles. The Hall–Kier alpha value is -1.87. The van der Waals surface area contributed by atoms with Gasteiger partial charge in [0.25, 0.3) is 0 Å². The van der Waals surface area contributed by atoms with Gasteiger partial charge in [0.05, 0.1) is 12.6 Å². The highest BCUT2D eigenvalue weighted by molar-refractivity contribution is 7.07. The van der Waals surface area contributed by atoms with E-state index in [1.807, 2.05) is 0 Å². The molecule has 1 aromatic heterocycles. The van der Waals surface area contributed by atoms with Crippen molar-refractivity contribution in [3.8, 4) is 0 Å². The van der Waals surface area contributed by atoms with Crippen LogP contribution in [-0.2, 0) is 11.3 Å². The van der Waals surface area contributed by atoms with Crippen molar-refractivity contribution < 1.29 is 19.8 Å². The summed E-state index contributed by atoms with van der Waals surface area (Å²) in [7, 11) is 0.